The van der Waals surface area contributed by atoms with E-state index < -0.39 is 47.4 Å². The molecule has 1 saturated heterocycles. The summed E-state index contributed by atoms with van der Waals surface area (Å²) >= 11 is 2.52. The maximum absolute atomic E-state index is 12.9. The van der Waals surface area contributed by atoms with E-state index in [1.807, 2.05) is 0 Å². The number of fused-ring (bicyclic) bond motifs is 1. The first kappa shape index (κ1) is 28.4. The number of nitrogens with zero attached hydrogens (tertiary/aromatic N) is 3. The van der Waals surface area contributed by atoms with Gasteiger partial charge in [-0.2, -0.15) is 0 Å². The van der Waals surface area contributed by atoms with Gasteiger partial charge in [0.2, 0.25) is 6.79 Å². The van der Waals surface area contributed by atoms with Crippen LogP contribution in [0.15, 0.2) is 21.8 Å². The van der Waals surface area contributed by atoms with Gasteiger partial charge in [-0.3, -0.25) is 19.3 Å². The van der Waals surface area contributed by atoms with Crippen molar-refractivity contribution in [1.82, 2.24) is 15.2 Å². The fourth-order valence-corrected chi connectivity index (χ4v) is 4.93. The molecule has 0 aromatic carbocycles. The van der Waals surface area contributed by atoms with Crippen LogP contribution in [-0.4, -0.2) is 70.4 Å². The lowest BCUT2D eigenvalue weighted by molar-refractivity contribution is -0.173. The average Bonchev–Trinajstić information content (AvgIpc) is 3.20. The number of hydrogen-bond acceptors (Lipinski definition) is 12. The average molecular weight is 548 g/mol. The molecule has 1 aromatic heterocycles. The summed E-state index contributed by atoms with van der Waals surface area (Å²) in [5.41, 5.74) is 5.67. The molecule has 3 heterocycles. The van der Waals surface area contributed by atoms with Gasteiger partial charge in [0.1, 0.15) is 29.9 Å². The molecular formula is C20H26ClN5O7S2. The third-order valence-corrected chi connectivity index (χ3v) is 6.89. The molecular weight excluding hydrogens is 522 g/mol. The molecule has 15 heteroatoms. The van der Waals surface area contributed by atoms with Crippen LogP contribution in [0.4, 0.5) is 5.13 Å². The summed E-state index contributed by atoms with van der Waals surface area (Å²) in [5, 5.41) is 7.60. The third-order valence-electron chi connectivity index (χ3n) is 4.79. The number of thiazole rings is 1. The molecule has 0 aliphatic carbocycles. The molecule has 3 rings (SSSR count). The number of nitrogens with one attached hydrogen (secondary N) is 1. The van der Waals surface area contributed by atoms with Crippen LogP contribution in [-0.2, 0) is 33.5 Å². The molecule has 0 spiro atoms. The molecule has 2 aliphatic rings. The number of halogens is 1. The second-order valence-corrected chi connectivity index (χ2v) is 10.4. The van der Waals surface area contributed by atoms with Gasteiger partial charge in [-0.1, -0.05) is 5.16 Å². The molecule has 1 fully saturated rings. The van der Waals surface area contributed by atoms with E-state index >= 15 is 0 Å². The lowest BCUT2D eigenvalue weighted by Gasteiger charge is -2.49. The van der Waals surface area contributed by atoms with Gasteiger partial charge in [-0.25, -0.2) is 9.78 Å². The fraction of sp³-hybridized carbons (Fsp3) is 0.500. The van der Waals surface area contributed by atoms with Gasteiger partial charge in [-0.15, -0.1) is 35.5 Å². The number of hydrogen-bond donors (Lipinski definition) is 2. The van der Waals surface area contributed by atoms with Crippen LogP contribution >= 0.6 is 35.5 Å². The van der Waals surface area contributed by atoms with Gasteiger partial charge in [0.25, 0.3) is 11.8 Å². The van der Waals surface area contributed by atoms with Crippen molar-refractivity contribution in [2.24, 2.45) is 10.6 Å². The van der Waals surface area contributed by atoms with Crippen LogP contribution in [0.3, 0.4) is 0 Å². The number of ether oxygens (including phenoxy) is 2. The zero-order chi connectivity index (χ0) is 25.2. The SMILES string of the molecule is CO/N=C(/C(=O)NC1C(=O)N2C(C(=O)OCOC(=O)C(C)(C)C)=C(C)CSC12)c1csc(N)n1.Cl. The van der Waals surface area contributed by atoms with E-state index in [0.29, 0.717) is 11.3 Å². The van der Waals surface area contributed by atoms with Crippen molar-refractivity contribution in [3.63, 3.8) is 0 Å². The van der Waals surface area contributed by atoms with Crippen molar-refractivity contribution >= 4 is 70.1 Å². The summed E-state index contributed by atoms with van der Waals surface area (Å²) < 4.78 is 10.0. The molecule has 2 amide bonds. The van der Waals surface area contributed by atoms with Crippen LogP contribution in [0, 0.1) is 5.41 Å². The van der Waals surface area contributed by atoms with Crippen molar-refractivity contribution in [1.29, 1.82) is 0 Å². The lowest BCUT2D eigenvalue weighted by atomic mass is 9.98. The molecule has 35 heavy (non-hydrogen) atoms. The van der Waals surface area contributed by atoms with Gasteiger partial charge in [0.15, 0.2) is 10.8 Å². The van der Waals surface area contributed by atoms with E-state index in [4.69, 9.17) is 20.0 Å². The van der Waals surface area contributed by atoms with E-state index in [1.54, 1.807) is 33.1 Å². The highest BCUT2D eigenvalue weighted by molar-refractivity contribution is 8.00. The number of oxime groups is 1. The zero-order valence-electron chi connectivity index (χ0n) is 19.6. The minimum absolute atomic E-state index is 0. The summed E-state index contributed by atoms with van der Waals surface area (Å²) in [6.07, 6.45) is 0. The highest BCUT2D eigenvalue weighted by Crippen LogP contribution is 2.40. The Morgan fingerprint density at radius 1 is 1.31 bits per heavy atom. The highest BCUT2D eigenvalue weighted by Gasteiger charge is 2.54. The number of carbonyl (C=O) groups excluding carboxylic acids is 4. The number of aromatic nitrogens is 1. The van der Waals surface area contributed by atoms with Gasteiger partial charge in [-0.05, 0) is 33.3 Å². The number of anilines is 1. The maximum Gasteiger partial charge on any atom is 0.357 e. The summed E-state index contributed by atoms with van der Waals surface area (Å²) in [6.45, 7) is 6.15. The first-order valence-corrected chi connectivity index (χ1v) is 12.0. The van der Waals surface area contributed by atoms with E-state index in [0.717, 1.165) is 11.3 Å². The van der Waals surface area contributed by atoms with E-state index in [2.05, 4.69) is 15.5 Å². The first-order chi connectivity index (χ1) is 16.0. The second-order valence-electron chi connectivity index (χ2n) is 8.41. The number of esters is 2. The van der Waals surface area contributed by atoms with Crippen molar-refractivity contribution < 1.29 is 33.5 Å². The summed E-state index contributed by atoms with van der Waals surface area (Å²) in [4.78, 5) is 60.3. The first-order valence-electron chi connectivity index (χ1n) is 10.1. The number of β-lactam (4-membered cyclic amide) rings is 1. The minimum Gasteiger partial charge on any atom is -0.427 e. The second kappa shape index (κ2) is 11.3. The summed E-state index contributed by atoms with van der Waals surface area (Å²) in [5.74, 6) is -2.04. The van der Waals surface area contributed by atoms with Crippen LogP contribution in [0.2, 0.25) is 0 Å². The predicted molar refractivity (Wildman–Crippen MR) is 132 cm³/mol. The largest absolute Gasteiger partial charge is 0.427 e. The Balaban J connectivity index is 0.00000432. The van der Waals surface area contributed by atoms with Crippen LogP contribution in [0.1, 0.15) is 33.4 Å². The third kappa shape index (κ3) is 6.05. The van der Waals surface area contributed by atoms with Crippen molar-refractivity contribution in [3.8, 4) is 0 Å². The van der Waals surface area contributed by atoms with Gasteiger partial charge < -0.3 is 25.4 Å². The van der Waals surface area contributed by atoms with Crippen LogP contribution in [0.25, 0.3) is 0 Å². The molecule has 0 saturated carbocycles. The Kier molecular flexibility index (Phi) is 9.14. The number of carbonyl (C=O) groups is 4. The van der Waals surface area contributed by atoms with Crippen molar-refractivity contribution in [3.05, 3.63) is 22.3 Å². The zero-order valence-corrected chi connectivity index (χ0v) is 22.1. The monoisotopic (exact) mass is 547 g/mol. The molecule has 12 nitrogen and oxygen atoms in total. The molecule has 3 N–H and O–H groups in total. The number of rotatable bonds is 7. The molecule has 2 atom stereocenters. The lowest BCUT2D eigenvalue weighted by Crippen LogP contribution is -2.71. The summed E-state index contributed by atoms with van der Waals surface area (Å²) in [6, 6.07) is -0.898. The van der Waals surface area contributed by atoms with E-state index in [-0.39, 0.29) is 34.6 Å². The number of thioether (sulfide) groups is 1. The Morgan fingerprint density at radius 3 is 2.57 bits per heavy atom. The number of nitrogen functional groups attached to an aromatic ring is 1. The van der Waals surface area contributed by atoms with Gasteiger partial charge in [0.05, 0.1) is 5.41 Å². The van der Waals surface area contributed by atoms with Crippen molar-refractivity contribution in [2.75, 3.05) is 25.4 Å². The predicted octanol–water partition coefficient (Wildman–Crippen LogP) is 1.26. The van der Waals surface area contributed by atoms with E-state index in [1.165, 1.54) is 23.8 Å². The van der Waals surface area contributed by atoms with Crippen molar-refractivity contribution in [2.45, 2.75) is 39.1 Å². The maximum atomic E-state index is 12.9. The highest BCUT2D eigenvalue weighted by atomic mass is 35.5. The van der Waals surface area contributed by atoms with Crippen LogP contribution < -0.4 is 11.1 Å². The molecule has 2 aliphatic heterocycles. The molecule has 0 bridgehead atoms. The quantitative estimate of drug-likeness (QED) is 0.167. The van der Waals surface area contributed by atoms with Crippen LogP contribution in [0.5, 0.6) is 0 Å². The Hall–Kier alpha value is -2.84. The molecule has 2 unspecified atom stereocenters. The standard InChI is InChI=1S/C20H25N5O7S2.ClH/c1-9-6-33-16-12(23-14(26)11(24-30-5)10-7-34-19(21)22-10)15(27)25(16)13(9)17(28)31-8-32-18(29)20(2,3)4;/h7,12,16H,6,8H2,1-5H3,(H2,21,22)(H,23,26);1H/b24-11+;. The number of nitrogens with two attached hydrogens (primary N) is 1. The Morgan fingerprint density at radius 2 is 2.00 bits per heavy atom. The summed E-state index contributed by atoms with van der Waals surface area (Å²) in [7, 11) is 1.28. The fourth-order valence-electron chi connectivity index (χ4n) is 3.09. The van der Waals surface area contributed by atoms with Gasteiger partial charge in [0, 0.05) is 11.1 Å². The number of amides is 2. The topological polar surface area (TPSA) is 163 Å². The Labute approximate surface area is 216 Å². The molecule has 0 radical (unpaired) electrons. The molecule has 1 aromatic rings. The molecule has 192 valence electrons. The van der Waals surface area contributed by atoms with E-state index in [9.17, 15) is 19.2 Å². The normalized spacial score (nSPS) is 19.7. The smallest absolute Gasteiger partial charge is 0.357 e. The minimum atomic E-state index is -0.898. The Bertz CT molecular complexity index is 1080. The van der Waals surface area contributed by atoms with Gasteiger partial charge >= 0.3 is 11.9 Å².